The predicted molar refractivity (Wildman–Crippen MR) is 77.8 cm³/mol. The molecule has 0 fully saturated rings. The molecule has 0 atom stereocenters. The highest BCUT2D eigenvalue weighted by molar-refractivity contribution is 5.99. The fraction of sp³-hybridized carbons (Fsp3) is 0.176. The summed E-state index contributed by atoms with van der Waals surface area (Å²) < 4.78 is 13.3. The van der Waals surface area contributed by atoms with Gasteiger partial charge in [-0.3, -0.25) is 4.79 Å². The van der Waals surface area contributed by atoms with Gasteiger partial charge in [-0.1, -0.05) is 18.2 Å². The first-order valence-corrected chi connectivity index (χ1v) is 6.74. The number of Topliss-reactive ketones (excluding diaryl/α,β-unsaturated/α-hetero) is 1. The molecule has 104 valence electrons. The Morgan fingerprint density at radius 1 is 1.24 bits per heavy atom. The van der Waals surface area contributed by atoms with Gasteiger partial charge in [-0.25, -0.2) is 4.39 Å². The smallest absolute Gasteiger partial charge is 0.182 e. The van der Waals surface area contributed by atoms with Crippen molar-refractivity contribution in [1.82, 2.24) is 0 Å². The van der Waals surface area contributed by atoms with Crippen molar-refractivity contribution >= 4 is 11.5 Å². The first-order chi connectivity index (χ1) is 10.2. The molecular weight excluding hydrogens is 267 g/mol. The zero-order chi connectivity index (χ0) is 14.8. The molecule has 0 aromatic heterocycles. The van der Waals surface area contributed by atoms with Gasteiger partial charge in [0.1, 0.15) is 5.82 Å². The van der Waals surface area contributed by atoms with E-state index < -0.39 is 0 Å². The van der Waals surface area contributed by atoms with Crippen LogP contribution in [0.1, 0.15) is 21.5 Å². The lowest BCUT2D eigenvalue weighted by molar-refractivity contribution is 0.0999. The molecule has 1 aliphatic rings. The van der Waals surface area contributed by atoms with E-state index in [-0.39, 0.29) is 18.1 Å². The summed E-state index contributed by atoms with van der Waals surface area (Å²) in [7, 11) is 0. The summed E-state index contributed by atoms with van der Waals surface area (Å²) in [6.45, 7) is 0.948. The second-order valence-corrected chi connectivity index (χ2v) is 5.06. The third-order valence-corrected chi connectivity index (χ3v) is 3.71. The second kappa shape index (κ2) is 5.37. The molecule has 0 radical (unpaired) electrons. The zero-order valence-corrected chi connectivity index (χ0v) is 11.3. The van der Waals surface area contributed by atoms with E-state index in [1.165, 1.54) is 12.1 Å². The van der Waals surface area contributed by atoms with Crippen molar-refractivity contribution < 1.29 is 9.18 Å². The van der Waals surface area contributed by atoms with Crippen LogP contribution in [-0.2, 0) is 6.42 Å². The van der Waals surface area contributed by atoms with Crippen LogP contribution in [0.15, 0.2) is 42.5 Å². The van der Waals surface area contributed by atoms with Gasteiger partial charge in [0, 0.05) is 17.8 Å². The number of halogens is 1. The van der Waals surface area contributed by atoms with Crippen molar-refractivity contribution in [2.75, 3.05) is 18.0 Å². The lowest BCUT2D eigenvalue weighted by Gasteiger charge is -2.18. The van der Waals surface area contributed by atoms with E-state index in [1.807, 2.05) is 11.0 Å². The van der Waals surface area contributed by atoms with Gasteiger partial charge in [-0.2, -0.15) is 5.26 Å². The maximum Gasteiger partial charge on any atom is 0.182 e. The average molecular weight is 280 g/mol. The second-order valence-electron chi connectivity index (χ2n) is 5.06. The molecule has 2 aromatic carbocycles. The summed E-state index contributed by atoms with van der Waals surface area (Å²) >= 11 is 0. The van der Waals surface area contributed by atoms with E-state index in [2.05, 4.69) is 0 Å². The fourth-order valence-corrected chi connectivity index (χ4v) is 2.58. The normalized spacial score (nSPS) is 12.9. The highest BCUT2D eigenvalue weighted by atomic mass is 19.1. The number of nitriles is 1. The van der Waals surface area contributed by atoms with Gasteiger partial charge in [-0.15, -0.1) is 0 Å². The summed E-state index contributed by atoms with van der Waals surface area (Å²) in [4.78, 5) is 14.2. The number of rotatable bonds is 3. The Bertz CT molecular complexity index is 731. The molecule has 0 saturated carbocycles. The maximum absolute atomic E-state index is 13.3. The number of carbonyl (C=O) groups is 1. The van der Waals surface area contributed by atoms with Crippen LogP contribution in [0.3, 0.4) is 0 Å². The summed E-state index contributed by atoms with van der Waals surface area (Å²) in [6.07, 6.45) is 0.830. The average Bonchev–Trinajstić information content (AvgIpc) is 2.89. The SMILES string of the molecule is N#Cc1ccc(C(=O)CN2CCc3ccc(F)cc32)cc1. The van der Waals surface area contributed by atoms with E-state index in [0.717, 1.165) is 24.2 Å². The lowest BCUT2D eigenvalue weighted by Crippen LogP contribution is -2.28. The Morgan fingerprint density at radius 2 is 2.00 bits per heavy atom. The van der Waals surface area contributed by atoms with Gasteiger partial charge in [0.15, 0.2) is 5.78 Å². The van der Waals surface area contributed by atoms with Crippen molar-refractivity contribution in [2.45, 2.75) is 6.42 Å². The van der Waals surface area contributed by atoms with Gasteiger partial charge < -0.3 is 4.90 Å². The number of carbonyl (C=O) groups excluding carboxylic acids is 1. The van der Waals surface area contributed by atoms with Gasteiger partial charge >= 0.3 is 0 Å². The Labute approximate surface area is 122 Å². The van der Waals surface area contributed by atoms with Crippen LogP contribution >= 0.6 is 0 Å². The molecule has 2 aromatic rings. The highest BCUT2D eigenvalue weighted by Gasteiger charge is 2.22. The molecule has 0 N–H and O–H groups in total. The monoisotopic (exact) mass is 280 g/mol. The third-order valence-electron chi connectivity index (χ3n) is 3.71. The molecular formula is C17H13FN2O. The number of hydrogen-bond acceptors (Lipinski definition) is 3. The largest absolute Gasteiger partial charge is 0.363 e. The summed E-state index contributed by atoms with van der Waals surface area (Å²) in [6, 6.07) is 13.3. The van der Waals surface area contributed by atoms with Gasteiger partial charge in [0.2, 0.25) is 0 Å². The van der Waals surface area contributed by atoms with Gasteiger partial charge in [-0.05, 0) is 36.2 Å². The minimum absolute atomic E-state index is 0.0309. The number of benzene rings is 2. The molecule has 0 unspecified atom stereocenters. The summed E-state index contributed by atoms with van der Waals surface area (Å²) in [5.74, 6) is -0.317. The van der Waals surface area contributed by atoms with E-state index >= 15 is 0 Å². The Kier molecular flexibility index (Phi) is 3.41. The molecule has 21 heavy (non-hydrogen) atoms. The molecule has 0 aliphatic carbocycles. The van der Waals surface area contributed by atoms with Gasteiger partial charge in [0.05, 0.1) is 18.2 Å². The first-order valence-electron chi connectivity index (χ1n) is 6.74. The Balaban J connectivity index is 1.77. The van der Waals surface area contributed by atoms with E-state index in [4.69, 9.17) is 5.26 Å². The molecule has 3 rings (SSSR count). The molecule has 1 heterocycles. The minimum atomic E-state index is -0.286. The van der Waals surface area contributed by atoms with E-state index in [1.54, 1.807) is 30.3 Å². The number of hydrogen-bond donors (Lipinski definition) is 0. The summed E-state index contributed by atoms with van der Waals surface area (Å²) in [5, 5.41) is 8.75. The van der Waals surface area contributed by atoms with Crippen LogP contribution in [0.4, 0.5) is 10.1 Å². The molecule has 1 aliphatic heterocycles. The first kappa shape index (κ1) is 13.3. The molecule has 0 saturated heterocycles. The van der Waals surface area contributed by atoms with Gasteiger partial charge in [0.25, 0.3) is 0 Å². The molecule has 0 amide bonds. The molecule has 4 heteroatoms. The van der Waals surface area contributed by atoms with Crippen LogP contribution in [0.5, 0.6) is 0 Å². The molecule has 3 nitrogen and oxygen atoms in total. The van der Waals surface area contributed by atoms with Crippen LogP contribution in [0.25, 0.3) is 0 Å². The van der Waals surface area contributed by atoms with E-state index in [0.29, 0.717) is 11.1 Å². The standard InChI is InChI=1S/C17H13FN2O/c18-15-6-5-13-7-8-20(16(13)9-15)11-17(21)14-3-1-12(10-19)2-4-14/h1-6,9H,7-8,11H2. The van der Waals surface area contributed by atoms with Crippen LogP contribution in [-0.4, -0.2) is 18.9 Å². The number of anilines is 1. The number of fused-ring (bicyclic) bond motifs is 1. The van der Waals surface area contributed by atoms with Crippen molar-refractivity contribution in [1.29, 1.82) is 5.26 Å². The Morgan fingerprint density at radius 3 is 2.71 bits per heavy atom. The van der Waals surface area contributed by atoms with Crippen molar-refractivity contribution in [2.24, 2.45) is 0 Å². The summed E-state index contributed by atoms with van der Waals surface area (Å²) in [5.41, 5.74) is 2.97. The highest BCUT2D eigenvalue weighted by Crippen LogP contribution is 2.28. The zero-order valence-electron chi connectivity index (χ0n) is 11.3. The van der Waals surface area contributed by atoms with Crippen molar-refractivity contribution in [3.05, 3.63) is 65.0 Å². The lowest BCUT2D eigenvalue weighted by atomic mass is 10.1. The van der Waals surface area contributed by atoms with Crippen LogP contribution in [0, 0.1) is 17.1 Å². The topological polar surface area (TPSA) is 44.1 Å². The quantitative estimate of drug-likeness (QED) is 0.812. The molecule has 0 bridgehead atoms. The van der Waals surface area contributed by atoms with Crippen molar-refractivity contribution in [3.63, 3.8) is 0 Å². The number of nitrogens with zero attached hydrogens (tertiary/aromatic N) is 2. The fourth-order valence-electron chi connectivity index (χ4n) is 2.58. The third kappa shape index (κ3) is 2.63. The minimum Gasteiger partial charge on any atom is -0.363 e. The Hall–Kier alpha value is -2.67. The van der Waals surface area contributed by atoms with Crippen molar-refractivity contribution in [3.8, 4) is 6.07 Å². The predicted octanol–water partition coefficient (Wildman–Crippen LogP) is 2.94. The maximum atomic E-state index is 13.3. The van der Waals surface area contributed by atoms with Crippen LogP contribution < -0.4 is 4.90 Å². The number of ketones is 1. The van der Waals surface area contributed by atoms with E-state index in [9.17, 15) is 9.18 Å². The molecule has 0 spiro atoms. The van der Waals surface area contributed by atoms with Crippen LogP contribution in [0.2, 0.25) is 0 Å².